The number of nitrogens with zero attached hydrogens (tertiary/aromatic N) is 2. The Morgan fingerprint density at radius 3 is 2.93 bits per heavy atom. The molecule has 2 aromatic rings. The Morgan fingerprint density at radius 2 is 2.10 bits per heavy atom. The Hall–Kier alpha value is -2.18. The summed E-state index contributed by atoms with van der Waals surface area (Å²) in [6.45, 7) is 6.84. The van der Waals surface area contributed by atoms with Crippen molar-refractivity contribution in [3.8, 4) is 11.5 Å². The zero-order chi connectivity index (χ0) is 20.3. The molecule has 1 N–H and O–H groups in total. The summed E-state index contributed by atoms with van der Waals surface area (Å²) in [6, 6.07) is 9.91. The molecule has 1 atom stereocenters. The van der Waals surface area contributed by atoms with Crippen LogP contribution < -0.4 is 5.32 Å². The summed E-state index contributed by atoms with van der Waals surface area (Å²) < 4.78 is 11.2. The van der Waals surface area contributed by atoms with Crippen molar-refractivity contribution in [2.45, 2.75) is 45.6 Å². The molecule has 0 unspecified atom stereocenters. The highest BCUT2D eigenvalue weighted by Crippen LogP contribution is 2.21. The third-order valence-corrected chi connectivity index (χ3v) is 5.24. The number of unbranched alkanes of at least 4 members (excludes halogenated alkanes) is 1. The molecular formula is C23H33N3O3. The monoisotopic (exact) mass is 399 g/mol. The topological polar surface area (TPSA) is 67.6 Å². The molecule has 0 spiro atoms. The number of benzene rings is 1. The van der Waals surface area contributed by atoms with Crippen LogP contribution >= 0.6 is 0 Å². The van der Waals surface area contributed by atoms with Crippen molar-refractivity contribution >= 4 is 5.91 Å². The number of likely N-dealkylation sites (tertiary alicyclic amines) is 1. The second-order valence-electron chi connectivity index (χ2n) is 7.69. The maximum atomic E-state index is 12.5. The van der Waals surface area contributed by atoms with E-state index in [9.17, 15) is 4.79 Å². The minimum absolute atomic E-state index is 0.0465. The first-order valence-electron chi connectivity index (χ1n) is 10.8. The molecule has 1 amide bonds. The maximum absolute atomic E-state index is 12.5. The highest BCUT2D eigenvalue weighted by Gasteiger charge is 2.26. The van der Waals surface area contributed by atoms with Crippen LogP contribution in [0.3, 0.4) is 0 Å². The molecule has 6 heteroatoms. The Balaban J connectivity index is 1.40. The van der Waals surface area contributed by atoms with Crippen molar-refractivity contribution in [1.82, 2.24) is 15.2 Å². The van der Waals surface area contributed by atoms with Crippen LogP contribution in [-0.4, -0.2) is 48.6 Å². The number of ether oxygens (including phenoxy) is 1. The zero-order valence-corrected chi connectivity index (χ0v) is 17.4. The van der Waals surface area contributed by atoms with Gasteiger partial charge in [0.2, 0.25) is 11.8 Å². The van der Waals surface area contributed by atoms with Gasteiger partial charge in [0, 0.05) is 38.4 Å². The maximum Gasteiger partial charge on any atom is 0.226 e. The van der Waals surface area contributed by atoms with E-state index >= 15 is 0 Å². The molecule has 2 heterocycles. The van der Waals surface area contributed by atoms with Gasteiger partial charge in [0.1, 0.15) is 6.26 Å². The zero-order valence-electron chi connectivity index (χ0n) is 17.4. The van der Waals surface area contributed by atoms with Gasteiger partial charge in [-0.2, -0.15) is 0 Å². The van der Waals surface area contributed by atoms with Gasteiger partial charge in [-0.05, 0) is 44.4 Å². The van der Waals surface area contributed by atoms with Crippen LogP contribution in [-0.2, 0) is 16.1 Å². The van der Waals surface area contributed by atoms with Crippen molar-refractivity contribution in [1.29, 1.82) is 0 Å². The van der Waals surface area contributed by atoms with Gasteiger partial charge in [-0.25, -0.2) is 4.98 Å². The first kappa shape index (κ1) is 21.5. The molecule has 1 aliphatic heterocycles. The third kappa shape index (κ3) is 6.98. The van der Waals surface area contributed by atoms with Gasteiger partial charge in [-0.1, -0.05) is 31.5 Å². The second-order valence-corrected chi connectivity index (χ2v) is 7.69. The van der Waals surface area contributed by atoms with Crippen LogP contribution in [0.25, 0.3) is 11.5 Å². The largest absolute Gasteiger partial charge is 0.444 e. The van der Waals surface area contributed by atoms with Gasteiger partial charge in [-0.3, -0.25) is 9.69 Å². The lowest BCUT2D eigenvalue weighted by Crippen LogP contribution is -2.43. The fourth-order valence-electron chi connectivity index (χ4n) is 3.61. The third-order valence-electron chi connectivity index (χ3n) is 5.24. The van der Waals surface area contributed by atoms with Crippen molar-refractivity contribution in [3.05, 3.63) is 42.3 Å². The standard InChI is InChI=1S/C23H33N3O3/c1-2-3-14-28-15-8-12-24-22(27)20-11-7-13-26(16-20)17-21-18-29-23(25-21)19-9-5-4-6-10-19/h4-6,9-10,18,20H,2-3,7-8,11-17H2,1H3,(H,24,27)/t20-/m0/s1. The smallest absolute Gasteiger partial charge is 0.226 e. The van der Waals surface area contributed by atoms with E-state index in [4.69, 9.17) is 9.15 Å². The summed E-state index contributed by atoms with van der Waals surface area (Å²) in [6.07, 6.45) is 6.82. The molecule has 158 valence electrons. The molecule has 0 bridgehead atoms. The number of aromatic nitrogens is 1. The molecule has 3 rings (SSSR count). The van der Waals surface area contributed by atoms with Crippen LogP contribution in [0.15, 0.2) is 41.0 Å². The van der Waals surface area contributed by atoms with Gasteiger partial charge in [0.25, 0.3) is 0 Å². The molecule has 1 saturated heterocycles. The summed E-state index contributed by atoms with van der Waals surface area (Å²) in [5, 5.41) is 3.07. The quantitative estimate of drug-likeness (QED) is 0.581. The van der Waals surface area contributed by atoms with Crippen molar-refractivity contribution in [2.24, 2.45) is 5.92 Å². The molecule has 1 aromatic heterocycles. The number of carbonyl (C=O) groups excluding carboxylic acids is 1. The van der Waals surface area contributed by atoms with Crippen LogP contribution in [0.5, 0.6) is 0 Å². The van der Waals surface area contributed by atoms with Gasteiger partial charge >= 0.3 is 0 Å². The molecule has 1 fully saturated rings. The molecule has 0 radical (unpaired) electrons. The van der Waals surface area contributed by atoms with E-state index in [1.807, 2.05) is 30.3 Å². The van der Waals surface area contributed by atoms with Crippen LogP contribution in [0.1, 0.15) is 44.7 Å². The van der Waals surface area contributed by atoms with Crippen LogP contribution in [0, 0.1) is 5.92 Å². The average Bonchev–Trinajstić information content (AvgIpc) is 3.22. The lowest BCUT2D eigenvalue weighted by Gasteiger charge is -2.31. The number of nitrogens with one attached hydrogen (secondary N) is 1. The number of piperidine rings is 1. The van der Waals surface area contributed by atoms with Gasteiger partial charge < -0.3 is 14.5 Å². The van der Waals surface area contributed by atoms with E-state index in [0.29, 0.717) is 25.6 Å². The van der Waals surface area contributed by atoms with E-state index in [-0.39, 0.29) is 11.8 Å². The Labute approximate surface area is 173 Å². The molecule has 1 aliphatic rings. The number of hydrogen-bond acceptors (Lipinski definition) is 5. The Kier molecular flexibility index (Phi) is 8.71. The fourth-order valence-corrected chi connectivity index (χ4v) is 3.61. The highest BCUT2D eigenvalue weighted by atomic mass is 16.5. The van der Waals surface area contributed by atoms with Gasteiger partial charge in [-0.15, -0.1) is 0 Å². The minimum Gasteiger partial charge on any atom is -0.444 e. The number of amides is 1. The number of carbonyl (C=O) groups is 1. The summed E-state index contributed by atoms with van der Waals surface area (Å²) in [5.41, 5.74) is 1.89. The SMILES string of the molecule is CCCCOCCCNC(=O)[C@H]1CCCN(Cc2coc(-c3ccccc3)n2)C1. The van der Waals surface area contributed by atoms with E-state index in [2.05, 4.69) is 22.1 Å². The van der Waals surface area contributed by atoms with E-state index in [1.54, 1.807) is 6.26 Å². The molecule has 0 saturated carbocycles. The van der Waals surface area contributed by atoms with E-state index in [0.717, 1.165) is 63.1 Å². The molecule has 6 nitrogen and oxygen atoms in total. The molecular weight excluding hydrogens is 366 g/mol. The summed E-state index contributed by atoms with van der Waals surface area (Å²) in [4.78, 5) is 19.4. The number of oxazole rings is 1. The van der Waals surface area contributed by atoms with Gasteiger partial charge in [0.15, 0.2) is 0 Å². The van der Waals surface area contributed by atoms with E-state index in [1.165, 1.54) is 0 Å². The summed E-state index contributed by atoms with van der Waals surface area (Å²) in [7, 11) is 0. The predicted molar refractivity (Wildman–Crippen MR) is 113 cm³/mol. The average molecular weight is 400 g/mol. The molecule has 0 aliphatic carbocycles. The minimum atomic E-state index is 0.0465. The Bertz CT molecular complexity index is 732. The number of hydrogen-bond donors (Lipinski definition) is 1. The summed E-state index contributed by atoms with van der Waals surface area (Å²) in [5.74, 6) is 0.853. The highest BCUT2D eigenvalue weighted by molar-refractivity contribution is 5.78. The normalized spacial score (nSPS) is 17.3. The molecule has 29 heavy (non-hydrogen) atoms. The first-order valence-corrected chi connectivity index (χ1v) is 10.8. The molecule has 1 aromatic carbocycles. The van der Waals surface area contributed by atoms with Crippen molar-refractivity contribution in [2.75, 3.05) is 32.8 Å². The lowest BCUT2D eigenvalue weighted by atomic mass is 9.97. The fraction of sp³-hybridized carbons (Fsp3) is 0.565. The second kappa shape index (κ2) is 11.7. The van der Waals surface area contributed by atoms with Gasteiger partial charge in [0.05, 0.1) is 11.6 Å². The summed E-state index contributed by atoms with van der Waals surface area (Å²) >= 11 is 0. The predicted octanol–water partition coefficient (Wildman–Crippen LogP) is 3.88. The lowest BCUT2D eigenvalue weighted by molar-refractivity contribution is -0.126. The van der Waals surface area contributed by atoms with Crippen molar-refractivity contribution in [3.63, 3.8) is 0 Å². The van der Waals surface area contributed by atoms with Crippen LogP contribution in [0.2, 0.25) is 0 Å². The first-order chi connectivity index (χ1) is 14.3. The number of rotatable bonds is 11. The Morgan fingerprint density at radius 1 is 1.28 bits per heavy atom. The van der Waals surface area contributed by atoms with Crippen molar-refractivity contribution < 1.29 is 13.9 Å². The van der Waals surface area contributed by atoms with Crippen LogP contribution in [0.4, 0.5) is 0 Å². The van der Waals surface area contributed by atoms with E-state index < -0.39 is 0 Å².